The van der Waals surface area contributed by atoms with E-state index in [4.69, 9.17) is 17.3 Å². The van der Waals surface area contributed by atoms with Crippen molar-refractivity contribution in [2.24, 2.45) is 12.8 Å². The predicted octanol–water partition coefficient (Wildman–Crippen LogP) is 3.04. The zero-order valence-corrected chi connectivity index (χ0v) is 15.2. The van der Waals surface area contributed by atoms with Crippen LogP contribution in [-0.4, -0.2) is 27.9 Å². The first-order valence-corrected chi connectivity index (χ1v) is 8.65. The molecule has 1 aliphatic rings. The number of hydrogen-bond acceptors (Lipinski definition) is 5. The molecule has 0 unspecified atom stereocenters. The van der Waals surface area contributed by atoms with Crippen molar-refractivity contribution in [2.75, 3.05) is 18.0 Å². The Hall–Kier alpha value is -2.52. The summed E-state index contributed by atoms with van der Waals surface area (Å²) in [7, 11) is 1.97. The number of nitrogens with zero attached hydrogens (tertiary/aromatic N) is 5. The molecule has 0 spiro atoms. The smallest absolute Gasteiger partial charge is 0.135 e. The SMILES string of the molecule is C/C(=C\N)c1ccc(Cl)c(C#N)c1N1CCC(c2nncn2C)CC1. The Bertz CT molecular complexity index is 840. The van der Waals surface area contributed by atoms with Crippen LogP contribution in [-0.2, 0) is 7.05 Å². The predicted molar refractivity (Wildman–Crippen MR) is 99.2 cm³/mol. The number of nitriles is 1. The molecule has 1 aromatic carbocycles. The lowest BCUT2D eigenvalue weighted by Crippen LogP contribution is -2.34. The van der Waals surface area contributed by atoms with Crippen LogP contribution in [0.3, 0.4) is 0 Å². The molecule has 130 valence electrons. The van der Waals surface area contributed by atoms with E-state index in [1.807, 2.05) is 24.6 Å². The molecule has 0 amide bonds. The van der Waals surface area contributed by atoms with Gasteiger partial charge in [-0.3, -0.25) is 0 Å². The second-order valence-corrected chi connectivity index (χ2v) is 6.75. The molecule has 2 aromatic rings. The summed E-state index contributed by atoms with van der Waals surface area (Å²) in [6, 6.07) is 5.96. The van der Waals surface area contributed by atoms with Crippen LogP contribution in [0.2, 0.25) is 5.02 Å². The summed E-state index contributed by atoms with van der Waals surface area (Å²) in [6.07, 6.45) is 5.21. The van der Waals surface area contributed by atoms with Crippen LogP contribution in [0.5, 0.6) is 0 Å². The van der Waals surface area contributed by atoms with Crippen molar-refractivity contribution < 1.29 is 0 Å². The first-order valence-electron chi connectivity index (χ1n) is 8.27. The van der Waals surface area contributed by atoms with Gasteiger partial charge in [0.1, 0.15) is 18.2 Å². The Morgan fingerprint density at radius 1 is 1.40 bits per heavy atom. The number of piperidine rings is 1. The summed E-state index contributed by atoms with van der Waals surface area (Å²) < 4.78 is 1.98. The van der Waals surface area contributed by atoms with Gasteiger partial charge in [0.05, 0.1) is 16.3 Å². The Balaban J connectivity index is 1.92. The summed E-state index contributed by atoms with van der Waals surface area (Å²) in [5.41, 5.74) is 9.00. The fourth-order valence-corrected chi connectivity index (χ4v) is 3.63. The second kappa shape index (κ2) is 7.16. The summed E-state index contributed by atoms with van der Waals surface area (Å²) in [4.78, 5) is 2.24. The molecular weight excluding hydrogens is 336 g/mol. The van der Waals surface area contributed by atoms with Crippen LogP contribution in [0.25, 0.3) is 5.57 Å². The van der Waals surface area contributed by atoms with Crippen molar-refractivity contribution in [3.8, 4) is 6.07 Å². The molecule has 6 nitrogen and oxygen atoms in total. The maximum atomic E-state index is 9.61. The third kappa shape index (κ3) is 3.20. The first kappa shape index (κ1) is 17.3. The van der Waals surface area contributed by atoms with Crippen LogP contribution in [0.4, 0.5) is 5.69 Å². The average molecular weight is 357 g/mol. The van der Waals surface area contributed by atoms with E-state index in [9.17, 15) is 5.26 Å². The van der Waals surface area contributed by atoms with Crippen LogP contribution < -0.4 is 10.6 Å². The quantitative estimate of drug-likeness (QED) is 0.913. The van der Waals surface area contributed by atoms with Gasteiger partial charge in [0, 0.05) is 31.6 Å². The molecule has 1 aliphatic heterocycles. The molecule has 0 atom stereocenters. The monoisotopic (exact) mass is 356 g/mol. The number of nitrogens with two attached hydrogens (primary N) is 1. The average Bonchev–Trinajstić information content (AvgIpc) is 3.07. The molecule has 2 heterocycles. The number of allylic oxidation sites excluding steroid dienone is 1. The van der Waals surface area contributed by atoms with E-state index in [1.54, 1.807) is 18.6 Å². The normalized spacial score (nSPS) is 16.1. The van der Waals surface area contributed by atoms with Crippen LogP contribution >= 0.6 is 11.6 Å². The Kier molecular flexibility index (Phi) is 4.95. The number of rotatable bonds is 3. The Morgan fingerprint density at radius 3 is 2.68 bits per heavy atom. The van der Waals surface area contributed by atoms with Gasteiger partial charge in [-0.15, -0.1) is 10.2 Å². The summed E-state index contributed by atoms with van der Waals surface area (Å²) >= 11 is 6.28. The van der Waals surface area contributed by atoms with Crippen LogP contribution in [0, 0.1) is 11.3 Å². The maximum absolute atomic E-state index is 9.61. The van der Waals surface area contributed by atoms with Crippen LogP contribution in [0.1, 0.15) is 42.6 Å². The fraction of sp³-hybridized carbons (Fsp3) is 0.389. The minimum atomic E-state index is 0.378. The lowest BCUT2D eigenvalue weighted by Gasteiger charge is -2.35. The highest BCUT2D eigenvalue weighted by Crippen LogP contribution is 2.38. The highest BCUT2D eigenvalue weighted by Gasteiger charge is 2.27. The number of hydrogen-bond donors (Lipinski definition) is 1. The van der Waals surface area contributed by atoms with E-state index in [0.29, 0.717) is 16.5 Å². The molecule has 25 heavy (non-hydrogen) atoms. The second-order valence-electron chi connectivity index (χ2n) is 6.34. The zero-order valence-electron chi connectivity index (χ0n) is 14.4. The highest BCUT2D eigenvalue weighted by molar-refractivity contribution is 6.32. The molecular formula is C18H21ClN6. The molecule has 0 aliphatic carbocycles. The fourth-order valence-electron chi connectivity index (χ4n) is 3.43. The zero-order chi connectivity index (χ0) is 18.0. The van der Waals surface area contributed by atoms with Gasteiger partial charge in [0.2, 0.25) is 0 Å². The summed E-state index contributed by atoms with van der Waals surface area (Å²) in [6.45, 7) is 3.61. The molecule has 0 bridgehead atoms. The lowest BCUT2D eigenvalue weighted by molar-refractivity contribution is 0.474. The number of anilines is 1. The summed E-state index contributed by atoms with van der Waals surface area (Å²) in [5.74, 6) is 1.40. The van der Waals surface area contributed by atoms with Crippen molar-refractivity contribution in [1.82, 2.24) is 14.8 Å². The summed E-state index contributed by atoms with van der Waals surface area (Å²) in [5, 5.41) is 18.3. The minimum absolute atomic E-state index is 0.378. The van der Waals surface area contributed by atoms with Crippen LogP contribution in [0.15, 0.2) is 24.7 Å². The van der Waals surface area contributed by atoms with Crippen molar-refractivity contribution in [1.29, 1.82) is 5.26 Å². The first-order chi connectivity index (χ1) is 12.1. The van der Waals surface area contributed by atoms with E-state index in [0.717, 1.165) is 48.6 Å². The van der Waals surface area contributed by atoms with Gasteiger partial charge < -0.3 is 15.2 Å². The Morgan fingerprint density at radius 2 is 2.12 bits per heavy atom. The molecule has 0 radical (unpaired) electrons. The third-order valence-corrected chi connectivity index (χ3v) is 5.15. The third-order valence-electron chi connectivity index (χ3n) is 4.84. The topological polar surface area (TPSA) is 83.8 Å². The molecule has 1 fully saturated rings. The van der Waals surface area contributed by atoms with Gasteiger partial charge in [0.25, 0.3) is 0 Å². The number of aryl methyl sites for hydroxylation is 1. The molecule has 1 saturated heterocycles. The van der Waals surface area contributed by atoms with Crippen molar-refractivity contribution in [3.63, 3.8) is 0 Å². The molecule has 0 saturated carbocycles. The van der Waals surface area contributed by atoms with E-state index < -0.39 is 0 Å². The van der Waals surface area contributed by atoms with E-state index >= 15 is 0 Å². The van der Waals surface area contributed by atoms with E-state index in [-0.39, 0.29) is 0 Å². The van der Waals surface area contributed by atoms with Gasteiger partial charge in [-0.2, -0.15) is 5.26 Å². The maximum Gasteiger partial charge on any atom is 0.135 e. The largest absolute Gasteiger partial charge is 0.404 e. The molecule has 1 aromatic heterocycles. The van der Waals surface area contributed by atoms with Gasteiger partial charge in [-0.25, -0.2) is 0 Å². The van der Waals surface area contributed by atoms with Gasteiger partial charge in [-0.05, 0) is 37.6 Å². The highest BCUT2D eigenvalue weighted by atomic mass is 35.5. The van der Waals surface area contributed by atoms with E-state index in [1.165, 1.54) is 0 Å². The minimum Gasteiger partial charge on any atom is -0.404 e. The number of aromatic nitrogens is 3. The van der Waals surface area contributed by atoms with Crippen molar-refractivity contribution >= 4 is 22.9 Å². The number of benzene rings is 1. The Labute approximate surface area is 152 Å². The van der Waals surface area contributed by atoms with E-state index in [2.05, 4.69) is 21.2 Å². The molecule has 3 rings (SSSR count). The lowest BCUT2D eigenvalue weighted by atomic mass is 9.93. The molecule has 2 N–H and O–H groups in total. The van der Waals surface area contributed by atoms with Gasteiger partial charge >= 0.3 is 0 Å². The standard InChI is InChI=1S/C18H21ClN6/c1-12(9-20)14-3-4-16(19)15(10-21)17(14)25-7-5-13(6-8-25)18-23-22-11-24(18)2/h3-4,9,11,13H,5-8,20H2,1-2H3/b12-9+. The number of halogens is 1. The molecule has 7 heteroatoms. The van der Waals surface area contributed by atoms with Crippen molar-refractivity contribution in [2.45, 2.75) is 25.7 Å². The van der Waals surface area contributed by atoms with Gasteiger partial charge in [-0.1, -0.05) is 17.7 Å². The van der Waals surface area contributed by atoms with Gasteiger partial charge in [0.15, 0.2) is 0 Å². The van der Waals surface area contributed by atoms with Crippen molar-refractivity contribution in [3.05, 3.63) is 46.6 Å².